The maximum Gasteiger partial charge on any atom is 0.0329 e. The van der Waals surface area contributed by atoms with E-state index in [2.05, 4.69) is 22.3 Å². The smallest absolute Gasteiger partial charge is 0.0329 e. The van der Waals surface area contributed by atoms with Gasteiger partial charge >= 0.3 is 0 Å². The molecule has 0 unspecified atom stereocenters. The van der Waals surface area contributed by atoms with Gasteiger partial charge in [0.1, 0.15) is 0 Å². The molecule has 78 valence electrons. The van der Waals surface area contributed by atoms with Gasteiger partial charge in [0.05, 0.1) is 0 Å². The van der Waals surface area contributed by atoms with E-state index in [1.807, 2.05) is 11.3 Å². The third-order valence-corrected chi connectivity index (χ3v) is 3.60. The molecule has 2 rings (SSSR count). The van der Waals surface area contributed by atoms with Gasteiger partial charge in [-0.15, -0.1) is 11.3 Å². The first-order valence-corrected chi connectivity index (χ1v) is 5.91. The fraction of sp³-hybridized carbons (Fsp3) is 0.600. The zero-order valence-corrected chi connectivity index (χ0v) is 9.15. The summed E-state index contributed by atoms with van der Waals surface area (Å²) in [5.74, 6) is 0. The topological polar surface area (TPSA) is 41.3 Å². The average Bonchev–Trinajstić information content (AvgIpc) is 2.67. The monoisotopic (exact) mass is 211 g/mol. The largest absolute Gasteiger partial charge is 0.326 e. The number of piperazine rings is 1. The molecule has 1 aromatic heterocycles. The molecule has 0 atom stereocenters. The fourth-order valence-corrected chi connectivity index (χ4v) is 2.65. The van der Waals surface area contributed by atoms with Gasteiger partial charge in [-0.25, -0.2) is 0 Å². The summed E-state index contributed by atoms with van der Waals surface area (Å²) in [6.07, 6.45) is 0. The summed E-state index contributed by atoms with van der Waals surface area (Å²) in [7, 11) is 0. The molecule has 0 saturated carbocycles. The van der Waals surface area contributed by atoms with E-state index in [0.717, 1.165) is 32.7 Å². The van der Waals surface area contributed by atoms with Gasteiger partial charge in [-0.2, -0.15) is 0 Å². The highest BCUT2D eigenvalue weighted by Crippen LogP contribution is 2.17. The normalized spacial score (nSPS) is 18.6. The number of rotatable bonds is 3. The lowest BCUT2D eigenvalue weighted by atomic mass is 10.3. The van der Waals surface area contributed by atoms with E-state index >= 15 is 0 Å². The maximum atomic E-state index is 5.58. The quantitative estimate of drug-likeness (QED) is 0.770. The molecule has 1 aliphatic rings. The van der Waals surface area contributed by atoms with Crippen molar-refractivity contribution in [2.45, 2.75) is 13.1 Å². The first kappa shape index (κ1) is 10.1. The molecule has 3 N–H and O–H groups in total. The molecule has 1 aromatic rings. The van der Waals surface area contributed by atoms with Gasteiger partial charge in [-0.05, 0) is 12.1 Å². The van der Waals surface area contributed by atoms with Crippen LogP contribution in [0.25, 0.3) is 0 Å². The first-order valence-electron chi connectivity index (χ1n) is 5.09. The number of hydrogen-bond acceptors (Lipinski definition) is 4. The molecule has 0 bridgehead atoms. The van der Waals surface area contributed by atoms with E-state index in [9.17, 15) is 0 Å². The van der Waals surface area contributed by atoms with Crippen molar-refractivity contribution in [3.05, 3.63) is 21.9 Å². The molecule has 1 fully saturated rings. The van der Waals surface area contributed by atoms with E-state index in [1.54, 1.807) is 0 Å². The Labute approximate surface area is 88.9 Å². The van der Waals surface area contributed by atoms with E-state index in [4.69, 9.17) is 5.73 Å². The van der Waals surface area contributed by atoms with Gasteiger partial charge in [-0.3, -0.25) is 4.90 Å². The van der Waals surface area contributed by atoms with Crippen LogP contribution in [0.5, 0.6) is 0 Å². The summed E-state index contributed by atoms with van der Waals surface area (Å²) in [6, 6.07) is 4.34. The molecule has 2 heterocycles. The highest BCUT2D eigenvalue weighted by atomic mass is 32.1. The van der Waals surface area contributed by atoms with Crippen molar-refractivity contribution >= 4 is 11.3 Å². The van der Waals surface area contributed by atoms with E-state index in [1.165, 1.54) is 9.75 Å². The minimum Gasteiger partial charge on any atom is -0.326 e. The standard InChI is InChI=1S/C10H17N3S/c11-7-9-1-2-10(14-9)8-13-5-3-12-4-6-13/h1-2,12H,3-8,11H2. The SMILES string of the molecule is NCc1ccc(CN2CCNCC2)s1. The predicted molar refractivity (Wildman–Crippen MR) is 60.4 cm³/mol. The minimum atomic E-state index is 0.673. The van der Waals surface area contributed by atoms with Gasteiger partial charge in [0, 0.05) is 49.0 Å². The summed E-state index contributed by atoms with van der Waals surface area (Å²) < 4.78 is 0. The van der Waals surface area contributed by atoms with Crippen molar-refractivity contribution in [2.24, 2.45) is 5.73 Å². The Hall–Kier alpha value is -0.420. The number of nitrogens with zero attached hydrogens (tertiary/aromatic N) is 1. The molecule has 0 spiro atoms. The fourth-order valence-electron chi connectivity index (χ4n) is 1.71. The van der Waals surface area contributed by atoms with Crippen molar-refractivity contribution < 1.29 is 0 Å². The minimum absolute atomic E-state index is 0.673. The van der Waals surface area contributed by atoms with Crippen LogP contribution in [0.1, 0.15) is 9.75 Å². The third kappa shape index (κ3) is 2.54. The van der Waals surface area contributed by atoms with E-state index in [0.29, 0.717) is 6.54 Å². The lowest BCUT2D eigenvalue weighted by Crippen LogP contribution is -2.42. The van der Waals surface area contributed by atoms with Gasteiger partial charge in [0.25, 0.3) is 0 Å². The van der Waals surface area contributed by atoms with E-state index in [-0.39, 0.29) is 0 Å². The summed E-state index contributed by atoms with van der Waals surface area (Å²) >= 11 is 1.84. The summed E-state index contributed by atoms with van der Waals surface area (Å²) in [6.45, 7) is 6.33. The van der Waals surface area contributed by atoms with Crippen molar-refractivity contribution in [3.63, 3.8) is 0 Å². The predicted octanol–water partition coefficient (Wildman–Crippen LogP) is 0.612. The summed E-state index contributed by atoms with van der Waals surface area (Å²) in [5, 5.41) is 3.36. The van der Waals surface area contributed by atoms with Crippen molar-refractivity contribution in [2.75, 3.05) is 26.2 Å². The van der Waals surface area contributed by atoms with Crippen LogP contribution < -0.4 is 11.1 Å². The summed E-state index contributed by atoms with van der Waals surface area (Å²) in [5.41, 5.74) is 5.58. The Morgan fingerprint density at radius 3 is 2.64 bits per heavy atom. The van der Waals surface area contributed by atoms with Crippen LogP contribution in [-0.2, 0) is 13.1 Å². The van der Waals surface area contributed by atoms with Crippen LogP contribution in [-0.4, -0.2) is 31.1 Å². The second-order valence-electron chi connectivity index (χ2n) is 3.60. The number of nitrogens with one attached hydrogen (secondary N) is 1. The van der Waals surface area contributed by atoms with Gasteiger partial charge in [-0.1, -0.05) is 0 Å². The molecule has 0 aromatic carbocycles. The van der Waals surface area contributed by atoms with Crippen LogP contribution in [0.2, 0.25) is 0 Å². The molecule has 4 heteroatoms. The second-order valence-corrected chi connectivity index (χ2v) is 4.85. The molecule has 1 aliphatic heterocycles. The Balaban J connectivity index is 1.89. The number of nitrogens with two attached hydrogens (primary N) is 1. The first-order chi connectivity index (χ1) is 6.88. The summed E-state index contributed by atoms with van der Waals surface area (Å²) in [4.78, 5) is 5.21. The molecular weight excluding hydrogens is 194 g/mol. The highest BCUT2D eigenvalue weighted by Gasteiger charge is 2.10. The lowest BCUT2D eigenvalue weighted by molar-refractivity contribution is 0.235. The number of hydrogen-bond donors (Lipinski definition) is 2. The van der Waals surface area contributed by atoms with Crippen LogP contribution in [0.15, 0.2) is 12.1 Å². The van der Waals surface area contributed by atoms with Crippen LogP contribution in [0, 0.1) is 0 Å². The van der Waals surface area contributed by atoms with Crippen LogP contribution in [0.3, 0.4) is 0 Å². The Morgan fingerprint density at radius 1 is 1.29 bits per heavy atom. The Morgan fingerprint density at radius 2 is 2.00 bits per heavy atom. The zero-order valence-electron chi connectivity index (χ0n) is 8.33. The van der Waals surface area contributed by atoms with E-state index < -0.39 is 0 Å². The zero-order chi connectivity index (χ0) is 9.80. The molecule has 1 saturated heterocycles. The second kappa shape index (κ2) is 4.89. The van der Waals surface area contributed by atoms with Crippen LogP contribution >= 0.6 is 11.3 Å². The number of thiophene rings is 1. The van der Waals surface area contributed by atoms with Crippen molar-refractivity contribution in [1.29, 1.82) is 0 Å². The molecule has 14 heavy (non-hydrogen) atoms. The van der Waals surface area contributed by atoms with Crippen LogP contribution in [0.4, 0.5) is 0 Å². The molecule has 0 amide bonds. The maximum absolute atomic E-state index is 5.58. The average molecular weight is 211 g/mol. The molecular formula is C10H17N3S. The van der Waals surface area contributed by atoms with Crippen molar-refractivity contribution in [1.82, 2.24) is 10.2 Å². The molecule has 0 radical (unpaired) electrons. The molecule has 3 nitrogen and oxygen atoms in total. The molecule has 0 aliphatic carbocycles. The van der Waals surface area contributed by atoms with Crippen molar-refractivity contribution in [3.8, 4) is 0 Å². The van der Waals surface area contributed by atoms with Gasteiger partial charge in [0.15, 0.2) is 0 Å². The Bertz CT molecular complexity index is 279. The Kier molecular flexibility index (Phi) is 3.53. The lowest BCUT2D eigenvalue weighted by Gasteiger charge is -2.26. The van der Waals surface area contributed by atoms with Gasteiger partial charge in [0.2, 0.25) is 0 Å². The highest BCUT2D eigenvalue weighted by molar-refractivity contribution is 7.11. The van der Waals surface area contributed by atoms with Gasteiger partial charge < -0.3 is 11.1 Å². The third-order valence-electron chi connectivity index (χ3n) is 2.51.